The first-order valence-corrected chi connectivity index (χ1v) is 6.28. The van der Waals surface area contributed by atoms with Crippen LogP contribution in [-0.2, 0) is 11.2 Å². The quantitative estimate of drug-likeness (QED) is 0.715. The second-order valence-corrected chi connectivity index (χ2v) is 5.00. The summed E-state index contributed by atoms with van der Waals surface area (Å²) in [6.45, 7) is 4.68. The third-order valence-corrected chi connectivity index (χ3v) is 2.68. The highest BCUT2D eigenvalue weighted by Crippen LogP contribution is 2.15. The number of nitrogens with one attached hydrogen (secondary N) is 1. The fourth-order valence-corrected chi connectivity index (χ4v) is 1.83. The van der Waals surface area contributed by atoms with Crippen LogP contribution in [0.5, 0.6) is 5.75 Å². The molecule has 1 amide bonds. The first kappa shape index (κ1) is 14.5. The van der Waals surface area contributed by atoms with Crippen LogP contribution in [0.3, 0.4) is 0 Å². The number of nitrogens with two attached hydrogens (primary N) is 1. The zero-order valence-electron chi connectivity index (χ0n) is 11.0. The van der Waals surface area contributed by atoms with E-state index in [0.717, 1.165) is 6.42 Å². The molecule has 0 bridgehead atoms. The van der Waals surface area contributed by atoms with Crippen LogP contribution in [0, 0.1) is 5.92 Å². The van der Waals surface area contributed by atoms with E-state index in [1.807, 2.05) is 0 Å². The molecule has 18 heavy (non-hydrogen) atoms. The van der Waals surface area contributed by atoms with Crippen molar-refractivity contribution < 1.29 is 9.90 Å². The van der Waals surface area contributed by atoms with Crippen molar-refractivity contribution in [3.63, 3.8) is 0 Å². The molecule has 0 fully saturated rings. The molecule has 1 aromatic rings. The van der Waals surface area contributed by atoms with Gasteiger partial charge in [-0.25, -0.2) is 0 Å². The molecule has 0 aliphatic heterocycles. The first-order valence-electron chi connectivity index (χ1n) is 6.28. The molecule has 1 rings (SSSR count). The van der Waals surface area contributed by atoms with E-state index in [1.54, 1.807) is 24.3 Å². The molecule has 4 nitrogen and oxygen atoms in total. The molecule has 1 atom stereocenters. The smallest absolute Gasteiger partial charge is 0.224 e. The summed E-state index contributed by atoms with van der Waals surface area (Å²) in [5.41, 5.74) is 6.51. The third-order valence-electron chi connectivity index (χ3n) is 2.68. The highest BCUT2D eigenvalue weighted by atomic mass is 16.3. The van der Waals surface area contributed by atoms with E-state index >= 15 is 0 Å². The summed E-state index contributed by atoms with van der Waals surface area (Å²) in [5.74, 6) is 0.560. The number of rotatable bonds is 6. The van der Waals surface area contributed by atoms with E-state index < -0.39 is 0 Å². The number of phenolic OH excluding ortho intramolecular Hbond substituents is 1. The average molecular weight is 250 g/mol. The average Bonchev–Trinajstić information content (AvgIpc) is 2.29. The van der Waals surface area contributed by atoms with Crippen molar-refractivity contribution in [1.29, 1.82) is 0 Å². The van der Waals surface area contributed by atoms with Gasteiger partial charge in [-0.3, -0.25) is 4.79 Å². The van der Waals surface area contributed by atoms with Crippen molar-refractivity contribution in [2.24, 2.45) is 11.7 Å². The summed E-state index contributed by atoms with van der Waals surface area (Å²) in [6, 6.07) is 6.83. The molecule has 4 N–H and O–H groups in total. The van der Waals surface area contributed by atoms with E-state index in [4.69, 9.17) is 5.73 Å². The van der Waals surface area contributed by atoms with Crippen molar-refractivity contribution in [3.05, 3.63) is 29.8 Å². The lowest BCUT2D eigenvalue weighted by molar-refractivity contribution is -0.120. The maximum absolute atomic E-state index is 11.7. The van der Waals surface area contributed by atoms with Crippen LogP contribution < -0.4 is 11.1 Å². The second-order valence-electron chi connectivity index (χ2n) is 5.00. The monoisotopic (exact) mass is 250 g/mol. The van der Waals surface area contributed by atoms with E-state index in [1.165, 1.54) is 0 Å². The number of para-hydroxylation sites is 1. The molecular weight excluding hydrogens is 228 g/mol. The van der Waals surface area contributed by atoms with Gasteiger partial charge in [0.15, 0.2) is 0 Å². The lowest BCUT2D eigenvalue weighted by Gasteiger charge is -2.14. The third kappa shape index (κ3) is 5.19. The lowest BCUT2D eigenvalue weighted by atomic mass is 10.0. The maximum Gasteiger partial charge on any atom is 0.224 e. The number of carbonyl (C=O) groups is 1. The Hall–Kier alpha value is -1.55. The summed E-state index contributed by atoms with van der Waals surface area (Å²) in [5, 5.41) is 12.3. The molecule has 4 heteroatoms. The van der Waals surface area contributed by atoms with Gasteiger partial charge in [0.2, 0.25) is 5.91 Å². The van der Waals surface area contributed by atoms with E-state index in [-0.39, 0.29) is 24.1 Å². The summed E-state index contributed by atoms with van der Waals surface area (Å²) >= 11 is 0. The van der Waals surface area contributed by atoms with Crippen molar-refractivity contribution in [1.82, 2.24) is 5.32 Å². The predicted molar refractivity (Wildman–Crippen MR) is 72.3 cm³/mol. The molecule has 0 radical (unpaired) electrons. The molecule has 0 saturated heterocycles. The van der Waals surface area contributed by atoms with Gasteiger partial charge >= 0.3 is 0 Å². The summed E-state index contributed by atoms with van der Waals surface area (Å²) < 4.78 is 0. The zero-order valence-corrected chi connectivity index (χ0v) is 11.0. The molecule has 1 unspecified atom stereocenters. The normalized spacial score (nSPS) is 12.4. The van der Waals surface area contributed by atoms with Gasteiger partial charge < -0.3 is 16.2 Å². The van der Waals surface area contributed by atoms with Crippen LogP contribution in [0.2, 0.25) is 0 Å². The molecule has 0 saturated carbocycles. The zero-order chi connectivity index (χ0) is 13.5. The van der Waals surface area contributed by atoms with E-state index in [9.17, 15) is 9.90 Å². The number of hydrogen-bond acceptors (Lipinski definition) is 3. The van der Waals surface area contributed by atoms with Gasteiger partial charge in [0, 0.05) is 18.2 Å². The largest absolute Gasteiger partial charge is 0.508 e. The minimum atomic E-state index is -0.115. The Balaban J connectivity index is 2.36. The number of hydrogen-bond donors (Lipinski definition) is 3. The van der Waals surface area contributed by atoms with Gasteiger partial charge in [0.05, 0.1) is 6.42 Å². The SMILES string of the molecule is CC(C)CC(N)CNC(=O)Cc1ccccc1O. The highest BCUT2D eigenvalue weighted by molar-refractivity contribution is 5.79. The van der Waals surface area contributed by atoms with E-state index in [2.05, 4.69) is 19.2 Å². The van der Waals surface area contributed by atoms with Crippen LogP contribution in [0.1, 0.15) is 25.8 Å². The molecule has 0 aliphatic rings. The van der Waals surface area contributed by atoms with Gasteiger partial charge in [0.1, 0.15) is 5.75 Å². The minimum Gasteiger partial charge on any atom is -0.508 e. The van der Waals surface area contributed by atoms with Crippen molar-refractivity contribution in [3.8, 4) is 5.75 Å². The van der Waals surface area contributed by atoms with Crippen LogP contribution in [-0.4, -0.2) is 23.6 Å². The van der Waals surface area contributed by atoms with Gasteiger partial charge in [0.25, 0.3) is 0 Å². The molecule has 0 aromatic heterocycles. The Morgan fingerprint density at radius 1 is 1.39 bits per heavy atom. The van der Waals surface area contributed by atoms with Crippen molar-refractivity contribution in [2.45, 2.75) is 32.7 Å². The van der Waals surface area contributed by atoms with Crippen LogP contribution in [0.4, 0.5) is 0 Å². The Kier molecular flexibility index (Phi) is 5.65. The molecule has 0 aliphatic carbocycles. The summed E-state index contributed by atoms with van der Waals surface area (Å²) in [7, 11) is 0. The topological polar surface area (TPSA) is 75.3 Å². The number of benzene rings is 1. The second kappa shape index (κ2) is 7.01. The Bertz CT molecular complexity index is 391. The minimum absolute atomic E-state index is 0.0154. The van der Waals surface area contributed by atoms with Gasteiger partial charge in [-0.15, -0.1) is 0 Å². The van der Waals surface area contributed by atoms with Crippen molar-refractivity contribution in [2.75, 3.05) is 6.54 Å². The van der Waals surface area contributed by atoms with Gasteiger partial charge in [-0.2, -0.15) is 0 Å². The first-order chi connectivity index (χ1) is 8.49. The van der Waals surface area contributed by atoms with Crippen LogP contribution in [0.25, 0.3) is 0 Å². The van der Waals surface area contributed by atoms with Crippen LogP contribution >= 0.6 is 0 Å². The fraction of sp³-hybridized carbons (Fsp3) is 0.500. The van der Waals surface area contributed by atoms with Crippen molar-refractivity contribution >= 4 is 5.91 Å². The van der Waals surface area contributed by atoms with Crippen LogP contribution in [0.15, 0.2) is 24.3 Å². The number of carbonyl (C=O) groups excluding carboxylic acids is 1. The number of phenols is 1. The Morgan fingerprint density at radius 3 is 2.67 bits per heavy atom. The summed E-state index contributed by atoms with van der Waals surface area (Å²) in [6.07, 6.45) is 1.07. The van der Waals surface area contributed by atoms with Gasteiger partial charge in [-0.1, -0.05) is 32.0 Å². The molecule has 100 valence electrons. The Morgan fingerprint density at radius 2 is 2.06 bits per heavy atom. The lowest BCUT2D eigenvalue weighted by Crippen LogP contribution is -2.38. The van der Waals surface area contributed by atoms with E-state index in [0.29, 0.717) is 18.0 Å². The number of amides is 1. The molecule has 0 heterocycles. The maximum atomic E-state index is 11.7. The molecular formula is C14H22N2O2. The van der Waals surface area contributed by atoms with Gasteiger partial charge in [-0.05, 0) is 18.4 Å². The molecule has 1 aromatic carbocycles. The highest BCUT2D eigenvalue weighted by Gasteiger charge is 2.09. The summed E-state index contributed by atoms with van der Waals surface area (Å²) in [4.78, 5) is 11.7. The predicted octanol–water partition coefficient (Wildman–Crippen LogP) is 1.42. The Labute approximate surface area is 108 Å². The number of aromatic hydroxyl groups is 1. The standard InChI is InChI=1S/C14H22N2O2/c1-10(2)7-12(15)9-16-14(18)8-11-5-3-4-6-13(11)17/h3-6,10,12,17H,7-9,15H2,1-2H3,(H,16,18). The fourth-order valence-electron chi connectivity index (χ4n) is 1.83. The molecule has 0 spiro atoms.